The number of halogens is 2. The van der Waals surface area contributed by atoms with Crippen molar-refractivity contribution in [2.45, 2.75) is 13.3 Å². The van der Waals surface area contributed by atoms with Crippen molar-refractivity contribution in [3.63, 3.8) is 0 Å². The van der Waals surface area contributed by atoms with Crippen LogP contribution < -0.4 is 9.64 Å². The van der Waals surface area contributed by atoms with E-state index in [9.17, 15) is 13.6 Å². The van der Waals surface area contributed by atoms with Gasteiger partial charge < -0.3 is 14.5 Å². The molecule has 5 rings (SSSR count). The Morgan fingerprint density at radius 2 is 1.82 bits per heavy atom. The first kappa shape index (κ1) is 22.3. The molecule has 1 aliphatic rings. The van der Waals surface area contributed by atoms with Crippen molar-refractivity contribution in [3.8, 4) is 11.4 Å². The molecule has 2 aromatic carbocycles. The summed E-state index contributed by atoms with van der Waals surface area (Å²) in [6.07, 6.45) is 0.745. The monoisotopic (exact) mass is 483 g/mol. The van der Waals surface area contributed by atoms with Gasteiger partial charge in [-0.2, -0.15) is 10.1 Å². The molecule has 10 heteroatoms. The predicted molar refractivity (Wildman–Crippen MR) is 127 cm³/mol. The Morgan fingerprint density at radius 1 is 1.03 bits per heavy atom. The molecule has 0 aliphatic carbocycles. The molecule has 1 saturated heterocycles. The number of carbonyl (C=O) groups excluding carboxylic acids is 1. The van der Waals surface area contributed by atoms with Gasteiger partial charge in [-0.3, -0.25) is 4.79 Å². The third-order valence-electron chi connectivity index (χ3n) is 5.91. The summed E-state index contributed by atoms with van der Waals surface area (Å²) in [5.74, 6) is -1.50. The average Bonchev–Trinajstić information content (AvgIpc) is 3.31. The number of amides is 1. The molecule has 176 valence electrons. The molecule has 0 bridgehead atoms. The van der Waals surface area contributed by atoms with Gasteiger partial charge in [-0.15, -0.1) is 0 Å². The lowest BCUT2D eigenvalue weighted by atomic mass is 10.2. The highest BCUT2D eigenvalue weighted by molar-refractivity contribution is 7.22. The van der Waals surface area contributed by atoms with Gasteiger partial charge in [0.05, 0.1) is 23.2 Å². The van der Waals surface area contributed by atoms with Crippen LogP contribution in [0.5, 0.6) is 5.75 Å². The number of nitrogens with zero attached hydrogens (tertiary/aromatic N) is 5. The number of aryl methyl sites for hydroxylation is 1. The minimum Gasteiger partial charge on any atom is -0.497 e. The minimum absolute atomic E-state index is 0.155. The highest BCUT2D eigenvalue weighted by Crippen LogP contribution is 2.33. The lowest BCUT2D eigenvalue weighted by Gasteiger charge is -2.21. The molecule has 1 amide bonds. The van der Waals surface area contributed by atoms with Gasteiger partial charge in [0.15, 0.2) is 22.4 Å². The van der Waals surface area contributed by atoms with Crippen LogP contribution in [-0.2, 0) is 0 Å². The Labute approximate surface area is 199 Å². The first-order valence-electron chi connectivity index (χ1n) is 10.9. The number of thiazole rings is 1. The molecule has 0 N–H and O–H groups in total. The summed E-state index contributed by atoms with van der Waals surface area (Å²) in [5, 5.41) is 5.53. The van der Waals surface area contributed by atoms with Gasteiger partial charge in [0, 0.05) is 31.7 Å². The number of hydrogen-bond donors (Lipinski definition) is 0. The Hall–Kier alpha value is -3.53. The van der Waals surface area contributed by atoms with E-state index in [1.165, 1.54) is 6.07 Å². The molecule has 34 heavy (non-hydrogen) atoms. The number of hydrogen-bond acceptors (Lipinski definition) is 6. The van der Waals surface area contributed by atoms with Crippen LogP contribution in [0.2, 0.25) is 0 Å². The molecule has 0 spiro atoms. The van der Waals surface area contributed by atoms with Crippen molar-refractivity contribution in [2.75, 3.05) is 38.2 Å². The number of rotatable bonds is 4. The number of carbonyl (C=O) groups is 1. The van der Waals surface area contributed by atoms with E-state index in [1.54, 1.807) is 23.3 Å². The zero-order chi connectivity index (χ0) is 23.8. The third-order valence-corrected chi connectivity index (χ3v) is 7.13. The quantitative estimate of drug-likeness (QED) is 0.430. The molecule has 4 aromatic rings. The normalized spacial score (nSPS) is 14.5. The van der Waals surface area contributed by atoms with Crippen LogP contribution in [0.4, 0.5) is 13.9 Å². The fraction of sp³-hybridized carbons (Fsp3) is 0.292. The third kappa shape index (κ3) is 4.09. The number of anilines is 1. The average molecular weight is 484 g/mol. The van der Waals surface area contributed by atoms with Crippen LogP contribution in [0.3, 0.4) is 0 Å². The lowest BCUT2D eigenvalue weighted by molar-refractivity contribution is 0.0766. The van der Waals surface area contributed by atoms with Gasteiger partial charge >= 0.3 is 0 Å². The summed E-state index contributed by atoms with van der Waals surface area (Å²) in [6, 6.07) is 10.9. The second-order valence-electron chi connectivity index (χ2n) is 8.11. The van der Waals surface area contributed by atoms with Crippen molar-refractivity contribution in [1.82, 2.24) is 19.7 Å². The van der Waals surface area contributed by atoms with Crippen LogP contribution in [-0.4, -0.2) is 58.9 Å². The minimum atomic E-state index is -1.02. The van der Waals surface area contributed by atoms with Crippen molar-refractivity contribution < 1.29 is 18.3 Å². The van der Waals surface area contributed by atoms with E-state index >= 15 is 0 Å². The molecule has 3 heterocycles. The fourth-order valence-corrected chi connectivity index (χ4v) is 5.12. The smallest absolute Gasteiger partial charge is 0.254 e. The molecule has 0 atom stereocenters. The summed E-state index contributed by atoms with van der Waals surface area (Å²) < 4.78 is 34.9. The summed E-state index contributed by atoms with van der Waals surface area (Å²) >= 11 is 1.58. The van der Waals surface area contributed by atoms with Crippen LogP contribution in [0.1, 0.15) is 22.5 Å². The molecule has 2 aromatic heterocycles. The number of benzene rings is 2. The predicted octanol–water partition coefficient (Wildman–Crippen LogP) is 4.43. The van der Waals surface area contributed by atoms with Crippen LogP contribution in [0, 0.1) is 18.6 Å². The zero-order valence-electron chi connectivity index (χ0n) is 18.8. The number of ether oxygens (including phenoxy) is 1. The van der Waals surface area contributed by atoms with Gasteiger partial charge in [-0.1, -0.05) is 11.3 Å². The van der Waals surface area contributed by atoms with E-state index in [2.05, 4.69) is 10.00 Å². The summed E-state index contributed by atoms with van der Waals surface area (Å²) in [4.78, 5) is 21.6. The zero-order valence-corrected chi connectivity index (χ0v) is 19.6. The largest absolute Gasteiger partial charge is 0.497 e. The van der Waals surface area contributed by atoms with E-state index in [0.717, 1.165) is 57.7 Å². The van der Waals surface area contributed by atoms with E-state index in [1.807, 2.05) is 35.9 Å². The maximum Gasteiger partial charge on any atom is 0.254 e. The lowest BCUT2D eigenvalue weighted by Crippen LogP contribution is -2.35. The maximum absolute atomic E-state index is 13.6. The van der Waals surface area contributed by atoms with E-state index in [-0.39, 0.29) is 11.5 Å². The molecule has 1 fully saturated rings. The Kier molecular flexibility index (Phi) is 5.91. The molecule has 1 aliphatic heterocycles. The Morgan fingerprint density at radius 3 is 2.56 bits per heavy atom. The number of fused-ring (bicyclic) bond motifs is 1. The standard InChI is InChI=1S/C24H23F2N5O2S/c1-15-21-22(31(28-15)17-5-7-18(33-2)8-6-17)27-24(34-21)30-11-3-10-29(12-13-30)23(32)16-4-9-19(25)20(26)14-16/h4-9,14H,3,10-13H2,1-2H3. The van der Waals surface area contributed by atoms with Gasteiger partial charge in [-0.25, -0.2) is 13.5 Å². The van der Waals surface area contributed by atoms with Crippen molar-refractivity contribution in [2.24, 2.45) is 0 Å². The Bertz CT molecular complexity index is 1350. The Balaban J connectivity index is 1.36. The fourth-order valence-electron chi connectivity index (χ4n) is 4.09. The van der Waals surface area contributed by atoms with Gasteiger partial charge in [0.2, 0.25) is 0 Å². The van der Waals surface area contributed by atoms with Gasteiger partial charge in [0.25, 0.3) is 5.91 Å². The summed E-state index contributed by atoms with van der Waals surface area (Å²) in [6.45, 7) is 4.32. The summed E-state index contributed by atoms with van der Waals surface area (Å²) in [5.41, 5.74) is 2.75. The molecule has 0 radical (unpaired) electrons. The van der Waals surface area contributed by atoms with Crippen molar-refractivity contribution in [3.05, 3.63) is 65.4 Å². The molecular formula is C24H23F2N5O2S. The first-order chi connectivity index (χ1) is 16.4. The maximum atomic E-state index is 13.6. The van der Waals surface area contributed by atoms with E-state index in [4.69, 9.17) is 9.72 Å². The second kappa shape index (κ2) is 9.02. The highest BCUT2D eigenvalue weighted by atomic mass is 32.1. The van der Waals surface area contributed by atoms with Gasteiger partial charge in [-0.05, 0) is 55.8 Å². The number of aromatic nitrogens is 3. The first-order valence-corrected chi connectivity index (χ1v) is 11.8. The van der Waals surface area contributed by atoms with Gasteiger partial charge in [0.1, 0.15) is 5.75 Å². The highest BCUT2D eigenvalue weighted by Gasteiger charge is 2.24. The molecule has 0 saturated carbocycles. The second-order valence-corrected chi connectivity index (χ2v) is 9.08. The topological polar surface area (TPSA) is 63.5 Å². The molecule has 0 unspecified atom stereocenters. The van der Waals surface area contributed by atoms with Crippen LogP contribution in [0.15, 0.2) is 42.5 Å². The SMILES string of the molecule is COc1ccc(-n2nc(C)c3sc(N4CCCN(C(=O)c5ccc(F)c(F)c5)CC4)nc32)cc1. The molecule has 7 nitrogen and oxygen atoms in total. The molecular weight excluding hydrogens is 460 g/mol. The van der Waals surface area contributed by atoms with Crippen LogP contribution in [0.25, 0.3) is 16.0 Å². The van der Waals surface area contributed by atoms with Crippen molar-refractivity contribution in [1.29, 1.82) is 0 Å². The number of methoxy groups -OCH3 is 1. The summed E-state index contributed by atoms with van der Waals surface area (Å²) in [7, 11) is 1.63. The van der Waals surface area contributed by atoms with Crippen LogP contribution >= 0.6 is 11.3 Å². The van der Waals surface area contributed by atoms with E-state index < -0.39 is 11.6 Å². The van der Waals surface area contributed by atoms with E-state index in [0.29, 0.717) is 19.6 Å². The van der Waals surface area contributed by atoms with Crippen molar-refractivity contribution >= 4 is 32.7 Å².